The quantitative estimate of drug-likeness (QED) is 0.755. The molecule has 22 heavy (non-hydrogen) atoms. The number of benzene rings is 2. The zero-order valence-corrected chi connectivity index (χ0v) is 12.1. The van der Waals surface area contributed by atoms with Crippen LogP contribution in [0.3, 0.4) is 0 Å². The van der Waals surface area contributed by atoms with Crippen LogP contribution in [0.15, 0.2) is 59.4 Å². The molecule has 1 N–H and O–H groups in total. The van der Waals surface area contributed by atoms with Crippen LogP contribution in [0.1, 0.15) is 15.9 Å². The molecule has 0 saturated heterocycles. The van der Waals surface area contributed by atoms with E-state index in [1.807, 2.05) is 30.3 Å². The fourth-order valence-electron chi connectivity index (χ4n) is 2.60. The molecule has 0 unspecified atom stereocenters. The summed E-state index contributed by atoms with van der Waals surface area (Å²) in [6.07, 6.45) is 0.0853. The zero-order valence-electron chi connectivity index (χ0n) is 12.1. The van der Waals surface area contributed by atoms with Crippen LogP contribution in [0, 0.1) is 0 Å². The van der Waals surface area contributed by atoms with E-state index in [0.29, 0.717) is 10.9 Å². The van der Waals surface area contributed by atoms with Gasteiger partial charge in [0.05, 0.1) is 5.52 Å². The van der Waals surface area contributed by atoms with E-state index >= 15 is 0 Å². The van der Waals surface area contributed by atoms with Crippen LogP contribution >= 0.6 is 0 Å². The van der Waals surface area contributed by atoms with Crippen molar-refractivity contribution in [1.29, 1.82) is 0 Å². The van der Waals surface area contributed by atoms with E-state index in [-0.39, 0.29) is 23.5 Å². The molecule has 2 aromatic carbocycles. The first-order chi connectivity index (χ1) is 10.6. The van der Waals surface area contributed by atoms with E-state index in [1.165, 1.54) is 4.57 Å². The lowest BCUT2D eigenvalue weighted by atomic mass is 10.0. The number of aromatic hydroxyl groups is 1. The number of carbonyl (C=O) groups is 1. The van der Waals surface area contributed by atoms with E-state index in [4.69, 9.17) is 0 Å². The number of nitrogens with zero attached hydrogens (tertiary/aromatic N) is 1. The number of fused-ring (bicyclic) bond motifs is 1. The Labute approximate surface area is 127 Å². The van der Waals surface area contributed by atoms with Crippen molar-refractivity contribution in [2.75, 3.05) is 0 Å². The van der Waals surface area contributed by atoms with Crippen molar-refractivity contribution in [3.05, 3.63) is 76.1 Å². The fraction of sp³-hybridized carbons (Fsp3) is 0.111. The molecule has 0 saturated carbocycles. The summed E-state index contributed by atoms with van der Waals surface area (Å²) in [5.74, 6) is -0.616. The maximum atomic E-state index is 12.5. The Morgan fingerprint density at radius 3 is 2.41 bits per heavy atom. The molecule has 0 spiro atoms. The van der Waals surface area contributed by atoms with Crippen molar-refractivity contribution in [2.24, 2.45) is 7.05 Å². The molecule has 3 aromatic rings. The number of carbonyl (C=O) groups excluding carboxylic acids is 1. The molecule has 1 heterocycles. The zero-order chi connectivity index (χ0) is 15.7. The first-order valence-corrected chi connectivity index (χ1v) is 6.97. The van der Waals surface area contributed by atoms with E-state index in [1.54, 1.807) is 31.3 Å². The molecule has 4 nitrogen and oxygen atoms in total. The van der Waals surface area contributed by atoms with Crippen molar-refractivity contribution < 1.29 is 9.90 Å². The lowest BCUT2D eigenvalue weighted by Gasteiger charge is -2.11. The summed E-state index contributed by atoms with van der Waals surface area (Å²) in [4.78, 5) is 24.9. The number of rotatable bonds is 3. The summed E-state index contributed by atoms with van der Waals surface area (Å²) in [7, 11) is 1.60. The van der Waals surface area contributed by atoms with Crippen LogP contribution < -0.4 is 5.56 Å². The second kappa shape index (κ2) is 5.48. The lowest BCUT2D eigenvalue weighted by Crippen LogP contribution is -2.25. The average molecular weight is 293 g/mol. The smallest absolute Gasteiger partial charge is 0.265 e. The second-order valence-corrected chi connectivity index (χ2v) is 5.19. The van der Waals surface area contributed by atoms with Crippen LogP contribution in [0.2, 0.25) is 0 Å². The highest BCUT2D eigenvalue weighted by atomic mass is 16.3. The number of ketones is 1. The van der Waals surface area contributed by atoms with Crippen LogP contribution in [-0.4, -0.2) is 15.5 Å². The van der Waals surface area contributed by atoms with Gasteiger partial charge in [-0.1, -0.05) is 42.5 Å². The van der Waals surface area contributed by atoms with E-state index in [2.05, 4.69) is 0 Å². The molecule has 1 aromatic heterocycles. The van der Waals surface area contributed by atoms with Gasteiger partial charge in [0.25, 0.3) is 5.56 Å². The second-order valence-electron chi connectivity index (χ2n) is 5.19. The van der Waals surface area contributed by atoms with E-state index < -0.39 is 5.56 Å². The van der Waals surface area contributed by atoms with Crippen molar-refractivity contribution in [2.45, 2.75) is 6.42 Å². The largest absolute Gasteiger partial charge is 0.506 e. The van der Waals surface area contributed by atoms with Crippen LogP contribution in [-0.2, 0) is 13.5 Å². The SMILES string of the molecule is Cn1c(=O)c(C(=O)Cc2ccccc2)c(O)c2ccccc21. The summed E-state index contributed by atoms with van der Waals surface area (Å²) in [6, 6.07) is 16.2. The normalized spacial score (nSPS) is 10.8. The molecule has 4 heteroatoms. The van der Waals surface area contributed by atoms with Crippen LogP contribution in [0.5, 0.6) is 5.75 Å². The summed E-state index contributed by atoms with van der Waals surface area (Å²) >= 11 is 0. The Bertz CT molecular complexity index is 911. The maximum absolute atomic E-state index is 12.5. The molecule has 3 rings (SSSR count). The Hall–Kier alpha value is -2.88. The molecular formula is C18H15NO3. The number of para-hydroxylation sites is 1. The van der Waals surface area contributed by atoms with Crippen molar-refractivity contribution in [3.8, 4) is 5.75 Å². The Kier molecular flexibility index (Phi) is 3.51. The number of aryl methyl sites for hydroxylation is 1. The minimum atomic E-state index is -0.475. The number of hydrogen-bond donors (Lipinski definition) is 1. The first kappa shape index (κ1) is 14.1. The average Bonchev–Trinajstić information content (AvgIpc) is 2.54. The Balaban J connectivity index is 2.15. The van der Waals surface area contributed by atoms with E-state index in [9.17, 15) is 14.7 Å². The number of hydrogen-bond acceptors (Lipinski definition) is 3. The molecule has 0 radical (unpaired) electrons. The minimum Gasteiger partial charge on any atom is -0.506 e. The van der Waals surface area contributed by atoms with Gasteiger partial charge in [-0.15, -0.1) is 0 Å². The maximum Gasteiger partial charge on any atom is 0.265 e. The topological polar surface area (TPSA) is 59.3 Å². The van der Waals surface area contributed by atoms with Crippen molar-refractivity contribution >= 4 is 16.7 Å². The fourth-order valence-corrected chi connectivity index (χ4v) is 2.60. The van der Waals surface area contributed by atoms with Crippen LogP contribution in [0.4, 0.5) is 0 Å². The van der Waals surface area contributed by atoms with Gasteiger partial charge >= 0.3 is 0 Å². The van der Waals surface area contributed by atoms with Gasteiger partial charge in [0.15, 0.2) is 5.78 Å². The Morgan fingerprint density at radius 2 is 1.68 bits per heavy atom. The van der Waals surface area contributed by atoms with E-state index in [0.717, 1.165) is 5.56 Å². The van der Waals surface area contributed by atoms with Gasteiger partial charge in [0.2, 0.25) is 0 Å². The Morgan fingerprint density at radius 1 is 1.05 bits per heavy atom. The molecule has 0 aliphatic heterocycles. The highest BCUT2D eigenvalue weighted by Gasteiger charge is 2.20. The van der Waals surface area contributed by atoms with Gasteiger partial charge in [-0.25, -0.2) is 0 Å². The molecule has 0 bridgehead atoms. The summed E-state index contributed by atoms with van der Waals surface area (Å²) in [6.45, 7) is 0. The predicted octanol–water partition coefficient (Wildman–Crippen LogP) is 2.67. The predicted molar refractivity (Wildman–Crippen MR) is 85.3 cm³/mol. The molecule has 0 fully saturated rings. The third-order valence-corrected chi connectivity index (χ3v) is 3.76. The summed E-state index contributed by atoms with van der Waals surface area (Å²) in [5, 5.41) is 10.9. The molecule has 0 atom stereocenters. The molecular weight excluding hydrogens is 278 g/mol. The molecule has 0 aliphatic carbocycles. The van der Waals surface area contributed by atoms with Gasteiger partial charge < -0.3 is 9.67 Å². The molecule has 0 aliphatic rings. The van der Waals surface area contributed by atoms with Crippen LogP contribution in [0.25, 0.3) is 10.9 Å². The third kappa shape index (κ3) is 2.29. The van der Waals surface area contributed by atoms with Crippen molar-refractivity contribution in [3.63, 3.8) is 0 Å². The van der Waals surface area contributed by atoms with Gasteiger partial charge in [-0.3, -0.25) is 9.59 Å². The monoisotopic (exact) mass is 293 g/mol. The van der Waals surface area contributed by atoms with Gasteiger partial charge in [0, 0.05) is 18.9 Å². The lowest BCUT2D eigenvalue weighted by molar-refractivity contribution is 0.0988. The number of aromatic nitrogens is 1. The standard InChI is InChI=1S/C18H15NO3/c1-19-14-10-6-5-9-13(14)17(21)16(18(19)22)15(20)11-12-7-3-2-4-8-12/h2-10,21H,11H2,1H3. The first-order valence-electron chi connectivity index (χ1n) is 6.97. The third-order valence-electron chi connectivity index (χ3n) is 3.76. The molecule has 110 valence electrons. The minimum absolute atomic E-state index is 0.0853. The van der Waals surface area contributed by atoms with Crippen molar-refractivity contribution in [1.82, 2.24) is 4.57 Å². The highest BCUT2D eigenvalue weighted by Crippen LogP contribution is 2.26. The number of pyridine rings is 1. The van der Waals surface area contributed by atoms with Gasteiger partial charge in [-0.2, -0.15) is 0 Å². The highest BCUT2D eigenvalue weighted by molar-refractivity contribution is 6.04. The number of Topliss-reactive ketones (excluding diaryl/α,β-unsaturated/α-hetero) is 1. The van der Waals surface area contributed by atoms with Gasteiger partial charge in [-0.05, 0) is 17.7 Å². The molecule has 0 amide bonds. The summed E-state index contributed by atoms with van der Waals surface area (Å²) < 4.78 is 1.40. The summed E-state index contributed by atoms with van der Waals surface area (Å²) in [5.41, 5.74) is 0.783. The van der Waals surface area contributed by atoms with Gasteiger partial charge in [0.1, 0.15) is 11.3 Å².